The Bertz CT molecular complexity index is 458. The van der Waals surface area contributed by atoms with Crippen LogP contribution in [0.15, 0.2) is 53.7 Å². The van der Waals surface area contributed by atoms with Crippen molar-refractivity contribution in [3.05, 3.63) is 59.9 Å². The zero-order valence-electron chi connectivity index (χ0n) is 9.30. The first kappa shape index (κ1) is 10.6. The summed E-state index contributed by atoms with van der Waals surface area (Å²) >= 11 is 0. The quantitative estimate of drug-likeness (QED) is 0.713. The van der Waals surface area contributed by atoms with Gasteiger partial charge < -0.3 is 0 Å². The number of pyridine rings is 1. The number of aliphatic imine (C=N–C) groups is 1. The standard InChI is InChI=1S/C14H14N2/c1-2-12-6-8-13(9-7-12)16-11-14-5-3-4-10-15-14/h3-11H,2H2,1H3. The molecule has 0 spiro atoms. The Hall–Kier alpha value is -1.96. The van der Waals surface area contributed by atoms with Gasteiger partial charge in [-0.05, 0) is 36.2 Å². The van der Waals surface area contributed by atoms with Crippen molar-refractivity contribution in [2.45, 2.75) is 13.3 Å². The summed E-state index contributed by atoms with van der Waals surface area (Å²) in [6.45, 7) is 2.15. The van der Waals surface area contributed by atoms with Crippen LogP contribution < -0.4 is 0 Å². The van der Waals surface area contributed by atoms with Crippen LogP contribution in [-0.2, 0) is 6.42 Å². The van der Waals surface area contributed by atoms with Gasteiger partial charge in [-0.1, -0.05) is 25.1 Å². The number of hydrogen-bond acceptors (Lipinski definition) is 2. The molecule has 0 radical (unpaired) electrons. The molecule has 2 rings (SSSR count). The Morgan fingerprint density at radius 1 is 1.12 bits per heavy atom. The van der Waals surface area contributed by atoms with Crippen molar-refractivity contribution in [1.82, 2.24) is 4.98 Å². The van der Waals surface area contributed by atoms with Gasteiger partial charge in [0, 0.05) is 6.20 Å². The molecule has 2 nitrogen and oxygen atoms in total. The summed E-state index contributed by atoms with van der Waals surface area (Å²) in [7, 11) is 0. The van der Waals surface area contributed by atoms with Crippen LogP contribution in [0.5, 0.6) is 0 Å². The van der Waals surface area contributed by atoms with Gasteiger partial charge in [0.05, 0.1) is 17.6 Å². The van der Waals surface area contributed by atoms with E-state index >= 15 is 0 Å². The molecule has 1 heterocycles. The minimum Gasteiger partial charge on any atom is -0.255 e. The maximum absolute atomic E-state index is 4.36. The van der Waals surface area contributed by atoms with E-state index in [-0.39, 0.29) is 0 Å². The molecule has 16 heavy (non-hydrogen) atoms. The Morgan fingerprint density at radius 3 is 2.56 bits per heavy atom. The lowest BCUT2D eigenvalue weighted by atomic mass is 10.1. The maximum Gasteiger partial charge on any atom is 0.0812 e. The van der Waals surface area contributed by atoms with E-state index < -0.39 is 0 Å². The summed E-state index contributed by atoms with van der Waals surface area (Å²) in [6.07, 6.45) is 4.60. The van der Waals surface area contributed by atoms with Crippen molar-refractivity contribution < 1.29 is 0 Å². The number of aryl methyl sites for hydroxylation is 1. The van der Waals surface area contributed by atoms with Gasteiger partial charge >= 0.3 is 0 Å². The molecule has 0 N–H and O–H groups in total. The molecule has 0 aliphatic rings. The molecule has 0 atom stereocenters. The molecule has 0 saturated heterocycles. The van der Waals surface area contributed by atoms with Gasteiger partial charge in [-0.3, -0.25) is 9.98 Å². The normalized spacial score (nSPS) is 10.8. The van der Waals surface area contributed by atoms with Crippen LogP contribution in [0.2, 0.25) is 0 Å². The van der Waals surface area contributed by atoms with Crippen LogP contribution in [-0.4, -0.2) is 11.2 Å². The molecular weight excluding hydrogens is 196 g/mol. The molecule has 2 aromatic rings. The number of benzene rings is 1. The van der Waals surface area contributed by atoms with Crippen LogP contribution in [0.25, 0.3) is 0 Å². The Kier molecular flexibility index (Phi) is 3.44. The second-order valence-corrected chi connectivity index (χ2v) is 3.53. The maximum atomic E-state index is 4.36. The SMILES string of the molecule is CCc1ccc(N=Cc2ccccn2)cc1. The molecule has 2 heteroatoms. The Balaban J connectivity index is 2.12. The minimum atomic E-state index is 0.877. The minimum absolute atomic E-state index is 0.877. The lowest BCUT2D eigenvalue weighted by Gasteiger charge is -1.96. The van der Waals surface area contributed by atoms with Crippen molar-refractivity contribution >= 4 is 11.9 Å². The molecule has 1 aromatic carbocycles. The number of nitrogens with zero attached hydrogens (tertiary/aromatic N) is 2. The summed E-state index contributed by atoms with van der Waals surface area (Å²) in [5, 5.41) is 0. The fraction of sp³-hybridized carbons (Fsp3) is 0.143. The van der Waals surface area contributed by atoms with E-state index in [1.807, 2.05) is 30.3 Å². The molecule has 0 bridgehead atoms. The van der Waals surface area contributed by atoms with Gasteiger partial charge in [0.25, 0.3) is 0 Å². The van der Waals surface area contributed by atoms with E-state index in [1.54, 1.807) is 12.4 Å². The van der Waals surface area contributed by atoms with E-state index in [1.165, 1.54) is 5.56 Å². The highest BCUT2D eigenvalue weighted by molar-refractivity contribution is 5.79. The molecule has 1 aromatic heterocycles. The van der Waals surface area contributed by atoms with Gasteiger partial charge in [-0.15, -0.1) is 0 Å². The van der Waals surface area contributed by atoms with Crippen molar-refractivity contribution in [1.29, 1.82) is 0 Å². The molecule has 0 aliphatic carbocycles. The second-order valence-electron chi connectivity index (χ2n) is 3.53. The first-order valence-electron chi connectivity index (χ1n) is 5.42. The van der Waals surface area contributed by atoms with E-state index in [2.05, 4.69) is 29.0 Å². The van der Waals surface area contributed by atoms with Crippen molar-refractivity contribution in [2.75, 3.05) is 0 Å². The smallest absolute Gasteiger partial charge is 0.0812 e. The largest absolute Gasteiger partial charge is 0.255 e. The second kappa shape index (κ2) is 5.21. The summed E-state index contributed by atoms with van der Waals surface area (Å²) in [5.41, 5.74) is 3.17. The summed E-state index contributed by atoms with van der Waals surface area (Å²) < 4.78 is 0. The number of rotatable bonds is 3. The molecule has 0 unspecified atom stereocenters. The number of aromatic nitrogens is 1. The van der Waals surface area contributed by atoms with Gasteiger partial charge in [-0.25, -0.2) is 0 Å². The van der Waals surface area contributed by atoms with Crippen molar-refractivity contribution in [3.63, 3.8) is 0 Å². The fourth-order valence-corrected chi connectivity index (χ4v) is 1.41. The van der Waals surface area contributed by atoms with E-state index in [0.717, 1.165) is 17.8 Å². The van der Waals surface area contributed by atoms with Crippen LogP contribution in [0, 0.1) is 0 Å². The van der Waals surface area contributed by atoms with Crippen LogP contribution >= 0.6 is 0 Å². The van der Waals surface area contributed by atoms with Crippen LogP contribution in [0.1, 0.15) is 18.2 Å². The third kappa shape index (κ3) is 2.76. The topological polar surface area (TPSA) is 25.2 Å². The predicted molar refractivity (Wildman–Crippen MR) is 67.3 cm³/mol. The van der Waals surface area contributed by atoms with Gasteiger partial charge in [-0.2, -0.15) is 0 Å². The predicted octanol–water partition coefficient (Wildman–Crippen LogP) is 3.39. The van der Waals surface area contributed by atoms with Gasteiger partial charge in [0.1, 0.15) is 0 Å². The molecule has 0 saturated carbocycles. The highest BCUT2D eigenvalue weighted by atomic mass is 14.8. The monoisotopic (exact) mass is 210 g/mol. The average Bonchev–Trinajstić information content (AvgIpc) is 2.38. The van der Waals surface area contributed by atoms with E-state index in [9.17, 15) is 0 Å². The summed E-state index contributed by atoms with van der Waals surface area (Å²) in [6, 6.07) is 14.0. The van der Waals surface area contributed by atoms with Gasteiger partial charge in [0.2, 0.25) is 0 Å². The Labute approximate surface area is 95.7 Å². The summed E-state index contributed by atoms with van der Waals surface area (Å²) in [5.74, 6) is 0. The zero-order valence-corrected chi connectivity index (χ0v) is 9.30. The zero-order chi connectivity index (χ0) is 11.2. The van der Waals surface area contributed by atoms with Crippen LogP contribution in [0.4, 0.5) is 5.69 Å². The molecular formula is C14H14N2. The molecule has 0 aliphatic heterocycles. The third-order valence-corrected chi connectivity index (χ3v) is 2.38. The fourth-order valence-electron chi connectivity index (χ4n) is 1.41. The molecule has 80 valence electrons. The molecule has 0 amide bonds. The van der Waals surface area contributed by atoms with Crippen LogP contribution in [0.3, 0.4) is 0 Å². The Morgan fingerprint density at radius 2 is 1.94 bits per heavy atom. The van der Waals surface area contributed by atoms with Crippen molar-refractivity contribution in [3.8, 4) is 0 Å². The van der Waals surface area contributed by atoms with Crippen molar-refractivity contribution in [2.24, 2.45) is 4.99 Å². The summed E-state index contributed by atoms with van der Waals surface area (Å²) in [4.78, 5) is 8.54. The first-order chi connectivity index (χ1) is 7.88. The molecule has 0 fully saturated rings. The van der Waals surface area contributed by atoms with E-state index in [0.29, 0.717) is 0 Å². The van der Waals surface area contributed by atoms with Gasteiger partial charge in [0.15, 0.2) is 0 Å². The first-order valence-corrected chi connectivity index (χ1v) is 5.42. The lowest BCUT2D eigenvalue weighted by Crippen LogP contribution is -1.84. The highest BCUT2D eigenvalue weighted by Crippen LogP contribution is 2.13. The highest BCUT2D eigenvalue weighted by Gasteiger charge is 1.90. The lowest BCUT2D eigenvalue weighted by molar-refractivity contribution is 1.14. The number of hydrogen-bond donors (Lipinski definition) is 0. The van der Waals surface area contributed by atoms with E-state index in [4.69, 9.17) is 0 Å². The average molecular weight is 210 g/mol. The third-order valence-electron chi connectivity index (χ3n) is 2.38.